The van der Waals surface area contributed by atoms with Crippen molar-refractivity contribution >= 4 is 11.6 Å². The summed E-state index contributed by atoms with van der Waals surface area (Å²) in [5.74, 6) is 1.01. The highest BCUT2D eigenvalue weighted by Gasteiger charge is 2.33. The van der Waals surface area contributed by atoms with E-state index in [9.17, 15) is 4.79 Å². The second-order valence-corrected chi connectivity index (χ2v) is 6.02. The SMILES string of the molecule is COc1cccc(N2CCN(C(=O)[C@H]3NCCO[C@@H]3C)CC2)c1. The van der Waals surface area contributed by atoms with Gasteiger partial charge >= 0.3 is 0 Å². The van der Waals surface area contributed by atoms with Crippen LogP contribution in [0.2, 0.25) is 0 Å². The number of nitrogens with one attached hydrogen (secondary N) is 1. The minimum absolute atomic E-state index is 0.0623. The van der Waals surface area contributed by atoms with Crippen LogP contribution < -0.4 is 15.0 Å². The van der Waals surface area contributed by atoms with Crippen molar-refractivity contribution in [1.29, 1.82) is 0 Å². The summed E-state index contributed by atoms with van der Waals surface area (Å²) >= 11 is 0. The number of anilines is 1. The first-order chi connectivity index (χ1) is 11.2. The fourth-order valence-corrected chi connectivity index (χ4v) is 3.20. The van der Waals surface area contributed by atoms with Crippen molar-refractivity contribution < 1.29 is 14.3 Å². The first-order valence-electron chi connectivity index (χ1n) is 8.22. The van der Waals surface area contributed by atoms with Crippen LogP contribution in [0.5, 0.6) is 5.75 Å². The first-order valence-corrected chi connectivity index (χ1v) is 8.22. The summed E-state index contributed by atoms with van der Waals surface area (Å²) in [5, 5.41) is 3.28. The molecule has 23 heavy (non-hydrogen) atoms. The Bertz CT molecular complexity index is 544. The van der Waals surface area contributed by atoms with Crippen molar-refractivity contribution in [3.05, 3.63) is 24.3 Å². The molecule has 2 aliphatic rings. The molecule has 2 saturated heterocycles. The lowest BCUT2D eigenvalue weighted by Gasteiger charge is -2.39. The van der Waals surface area contributed by atoms with Gasteiger partial charge in [-0.1, -0.05) is 6.07 Å². The molecule has 0 bridgehead atoms. The largest absolute Gasteiger partial charge is 0.497 e. The minimum Gasteiger partial charge on any atom is -0.497 e. The highest BCUT2D eigenvalue weighted by Crippen LogP contribution is 2.22. The van der Waals surface area contributed by atoms with Crippen molar-refractivity contribution in [2.75, 3.05) is 51.3 Å². The van der Waals surface area contributed by atoms with Gasteiger partial charge in [-0.3, -0.25) is 4.79 Å². The number of nitrogens with zero attached hydrogens (tertiary/aromatic N) is 2. The predicted octanol–water partition coefficient (Wildman–Crippen LogP) is 0.721. The number of methoxy groups -OCH3 is 1. The molecule has 0 aliphatic carbocycles. The normalized spacial score (nSPS) is 25.3. The van der Waals surface area contributed by atoms with E-state index in [-0.39, 0.29) is 18.1 Å². The smallest absolute Gasteiger partial charge is 0.242 e. The molecule has 3 rings (SSSR count). The Morgan fingerprint density at radius 2 is 2.09 bits per heavy atom. The Hall–Kier alpha value is -1.79. The highest BCUT2D eigenvalue weighted by molar-refractivity contribution is 5.83. The summed E-state index contributed by atoms with van der Waals surface area (Å²) in [5.41, 5.74) is 1.14. The maximum absolute atomic E-state index is 12.7. The van der Waals surface area contributed by atoms with E-state index >= 15 is 0 Å². The van der Waals surface area contributed by atoms with E-state index < -0.39 is 0 Å². The zero-order valence-electron chi connectivity index (χ0n) is 13.8. The molecule has 0 aromatic heterocycles. The summed E-state index contributed by atoms with van der Waals surface area (Å²) in [6.07, 6.45) is -0.0623. The molecular weight excluding hydrogens is 294 g/mol. The number of ether oxygens (including phenoxy) is 2. The summed E-state index contributed by atoms with van der Waals surface area (Å²) in [6, 6.07) is 7.84. The van der Waals surface area contributed by atoms with Crippen LogP contribution in [0.1, 0.15) is 6.92 Å². The van der Waals surface area contributed by atoms with Gasteiger partial charge in [-0.15, -0.1) is 0 Å². The number of hydrogen-bond acceptors (Lipinski definition) is 5. The fraction of sp³-hybridized carbons (Fsp3) is 0.588. The molecular formula is C17H25N3O3. The maximum atomic E-state index is 12.7. The van der Waals surface area contributed by atoms with Gasteiger partial charge in [0.25, 0.3) is 0 Å². The van der Waals surface area contributed by atoms with E-state index in [1.165, 1.54) is 0 Å². The quantitative estimate of drug-likeness (QED) is 0.890. The van der Waals surface area contributed by atoms with Gasteiger partial charge in [-0.2, -0.15) is 0 Å². The molecule has 0 radical (unpaired) electrons. The van der Waals surface area contributed by atoms with Gasteiger partial charge in [0.1, 0.15) is 11.8 Å². The second-order valence-electron chi connectivity index (χ2n) is 6.02. The van der Waals surface area contributed by atoms with Gasteiger partial charge in [-0.05, 0) is 19.1 Å². The fourth-order valence-electron chi connectivity index (χ4n) is 3.20. The van der Waals surface area contributed by atoms with E-state index in [0.29, 0.717) is 6.61 Å². The van der Waals surface area contributed by atoms with Crippen molar-refractivity contribution in [2.24, 2.45) is 0 Å². The molecule has 2 aliphatic heterocycles. The lowest BCUT2D eigenvalue weighted by atomic mass is 10.1. The average Bonchev–Trinajstić information content (AvgIpc) is 2.62. The molecule has 0 spiro atoms. The van der Waals surface area contributed by atoms with E-state index in [0.717, 1.165) is 44.2 Å². The van der Waals surface area contributed by atoms with Crippen molar-refractivity contribution in [3.8, 4) is 5.75 Å². The number of carbonyl (C=O) groups excluding carboxylic acids is 1. The molecule has 1 aromatic rings. The third-order valence-corrected chi connectivity index (χ3v) is 4.59. The van der Waals surface area contributed by atoms with Gasteiger partial charge in [0.15, 0.2) is 0 Å². The Morgan fingerprint density at radius 1 is 1.30 bits per heavy atom. The molecule has 0 unspecified atom stereocenters. The van der Waals surface area contributed by atoms with Crippen LogP contribution in [0, 0.1) is 0 Å². The zero-order chi connectivity index (χ0) is 16.2. The van der Waals surface area contributed by atoms with Crippen LogP contribution in [0.3, 0.4) is 0 Å². The molecule has 2 fully saturated rings. The van der Waals surface area contributed by atoms with Gasteiger partial charge in [-0.25, -0.2) is 0 Å². The maximum Gasteiger partial charge on any atom is 0.242 e. The lowest BCUT2D eigenvalue weighted by Crippen LogP contribution is -2.59. The topological polar surface area (TPSA) is 54.0 Å². The zero-order valence-corrected chi connectivity index (χ0v) is 13.8. The Kier molecular flexibility index (Phi) is 5.03. The number of benzene rings is 1. The minimum atomic E-state index is -0.216. The van der Waals surface area contributed by atoms with Crippen LogP contribution >= 0.6 is 0 Å². The molecule has 126 valence electrons. The monoisotopic (exact) mass is 319 g/mol. The van der Waals surface area contributed by atoms with Gasteiger partial charge < -0.3 is 24.6 Å². The van der Waals surface area contributed by atoms with E-state index in [1.54, 1.807) is 7.11 Å². The predicted molar refractivity (Wildman–Crippen MR) is 89.0 cm³/mol. The average molecular weight is 319 g/mol. The molecule has 1 aromatic carbocycles. The number of carbonyl (C=O) groups is 1. The van der Waals surface area contributed by atoms with Crippen LogP contribution in [-0.2, 0) is 9.53 Å². The number of piperazine rings is 1. The van der Waals surface area contributed by atoms with Gasteiger partial charge in [0, 0.05) is 44.5 Å². The lowest BCUT2D eigenvalue weighted by molar-refractivity contribution is -0.139. The first kappa shape index (κ1) is 16.1. The van der Waals surface area contributed by atoms with Crippen molar-refractivity contribution in [2.45, 2.75) is 19.1 Å². The van der Waals surface area contributed by atoms with E-state index in [1.807, 2.05) is 30.0 Å². The van der Waals surface area contributed by atoms with Crippen molar-refractivity contribution in [3.63, 3.8) is 0 Å². The molecule has 0 saturated carbocycles. The van der Waals surface area contributed by atoms with Crippen LogP contribution in [-0.4, -0.2) is 69.4 Å². The summed E-state index contributed by atoms with van der Waals surface area (Å²) in [4.78, 5) is 16.9. The van der Waals surface area contributed by atoms with Crippen LogP contribution in [0.4, 0.5) is 5.69 Å². The number of hydrogen-bond donors (Lipinski definition) is 1. The molecule has 2 atom stereocenters. The highest BCUT2D eigenvalue weighted by atomic mass is 16.5. The van der Waals surface area contributed by atoms with E-state index in [2.05, 4.69) is 16.3 Å². The van der Waals surface area contributed by atoms with Crippen LogP contribution in [0.25, 0.3) is 0 Å². The molecule has 1 amide bonds. The van der Waals surface area contributed by atoms with Crippen molar-refractivity contribution in [1.82, 2.24) is 10.2 Å². The molecule has 6 nitrogen and oxygen atoms in total. The third-order valence-electron chi connectivity index (χ3n) is 4.59. The summed E-state index contributed by atoms with van der Waals surface area (Å²) in [7, 11) is 1.68. The molecule has 6 heteroatoms. The number of amides is 1. The number of morpholine rings is 1. The Balaban J connectivity index is 1.58. The Morgan fingerprint density at radius 3 is 2.78 bits per heavy atom. The summed E-state index contributed by atoms with van der Waals surface area (Å²) < 4.78 is 10.9. The van der Waals surface area contributed by atoms with Gasteiger partial charge in [0.2, 0.25) is 5.91 Å². The van der Waals surface area contributed by atoms with Crippen LogP contribution in [0.15, 0.2) is 24.3 Å². The standard InChI is InChI=1S/C17H25N3O3/c1-13-16(18-6-11-23-13)17(21)20-9-7-19(8-10-20)14-4-3-5-15(12-14)22-2/h3-5,12-13,16,18H,6-11H2,1-2H3/t13-,16+/m1/s1. The van der Waals surface area contributed by atoms with E-state index in [4.69, 9.17) is 9.47 Å². The molecule has 2 heterocycles. The Labute approximate surface area is 137 Å². The van der Waals surface area contributed by atoms with Gasteiger partial charge in [0.05, 0.1) is 19.8 Å². The number of rotatable bonds is 3. The second kappa shape index (κ2) is 7.19. The third kappa shape index (κ3) is 3.59. The summed E-state index contributed by atoms with van der Waals surface area (Å²) in [6.45, 7) is 6.52. The molecule has 1 N–H and O–H groups in total.